The maximum absolute atomic E-state index is 10.8. The summed E-state index contributed by atoms with van der Waals surface area (Å²) >= 11 is 0. The van der Waals surface area contributed by atoms with E-state index in [2.05, 4.69) is 12.2 Å². The second-order valence-corrected chi connectivity index (χ2v) is 5.37. The summed E-state index contributed by atoms with van der Waals surface area (Å²) in [5.41, 5.74) is 0. The molecule has 0 rings (SSSR count). The number of carbonyl (C=O) groups is 2. The second kappa shape index (κ2) is 22.8. The van der Waals surface area contributed by atoms with Crippen molar-refractivity contribution in [1.29, 1.82) is 0 Å². The van der Waals surface area contributed by atoms with Crippen LogP contribution in [0, 0.1) is 0 Å². The minimum atomic E-state index is -0.824. The van der Waals surface area contributed by atoms with Gasteiger partial charge in [0.05, 0.1) is 46.2 Å². The lowest BCUT2D eigenvalue weighted by atomic mass is 10.3. The molecule has 0 unspecified atom stereocenters. The Morgan fingerprint density at radius 2 is 1.48 bits per heavy atom. The molecule has 0 aromatic rings. The Morgan fingerprint density at radius 1 is 0.926 bits per heavy atom. The Kier molecular flexibility index (Phi) is 23.6. The van der Waals surface area contributed by atoms with Crippen LogP contribution in [-0.2, 0) is 23.8 Å². The Labute approximate surface area is 163 Å². The fourth-order valence-corrected chi connectivity index (χ4v) is 1.90. The molecule has 1 amide bonds. The van der Waals surface area contributed by atoms with Crippen molar-refractivity contribution in [3.05, 3.63) is 0 Å². The predicted octanol–water partition coefficient (Wildman–Crippen LogP) is 0.358. The Bertz CT molecular complexity index is 344. The summed E-state index contributed by atoms with van der Waals surface area (Å²) in [5.74, 6) is -1.25. The highest BCUT2D eigenvalue weighted by molar-refractivity contribution is 5.76. The van der Waals surface area contributed by atoms with Crippen LogP contribution in [0.4, 0.5) is 0 Å². The van der Waals surface area contributed by atoms with Gasteiger partial charge in [-0.3, -0.25) is 14.5 Å². The minimum Gasteiger partial charge on any atom is -0.480 e. The molecule has 0 radical (unpaired) electrons. The number of aliphatic carboxylic acids is 1. The van der Waals surface area contributed by atoms with E-state index in [1.165, 1.54) is 0 Å². The van der Waals surface area contributed by atoms with E-state index in [9.17, 15) is 9.59 Å². The highest BCUT2D eigenvalue weighted by Crippen LogP contribution is 1.95. The van der Waals surface area contributed by atoms with Crippen LogP contribution in [0.15, 0.2) is 0 Å². The van der Waals surface area contributed by atoms with Crippen LogP contribution < -0.4 is 5.32 Å². The molecule has 0 saturated carbocycles. The van der Waals surface area contributed by atoms with Crippen molar-refractivity contribution < 1.29 is 34.0 Å². The van der Waals surface area contributed by atoms with Gasteiger partial charge in [0.15, 0.2) is 0 Å². The first-order valence-electron chi connectivity index (χ1n) is 9.65. The summed E-state index contributed by atoms with van der Waals surface area (Å²) in [6, 6.07) is 0. The largest absolute Gasteiger partial charge is 0.480 e. The first-order chi connectivity index (χ1) is 13.1. The van der Waals surface area contributed by atoms with Gasteiger partial charge in [-0.15, -0.1) is 0 Å². The quantitative estimate of drug-likeness (QED) is 0.285. The molecule has 9 heteroatoms. The Balaban J connectivity index is 0. The number of amides is 1. The molecule has 0 heterocycles. The molecule has 0 aliphatic heterocycles. The smallest absolute Gasteiger partial charge is 0.317 e. The first-order valence-corrected chi connectivity index (χ1v) is 9.65. The zero-order chi connectivity index (χ0) is 20.8. The van der Waals surface area contributed by atoms with Gasteiger partial charge in [-0.25, -0.2) is 0 Å². The van der Waals surface area contributed by atoms with Crippen LogP contribution in [0.5, 0.6) is 0 Å². The summed E-state index contributed by atoms with van der Waals surface area (Å²) in [7, 11) is 0. The average Bonchev–Trinajstić information content (AvgIpc) is 2.67. The van der Waals surface area contributed by atoms with Crippen LogP contribution in [0.3, 0.4) is 0 Å². The summed E-state index contributed by atoms with van der Waals surface area (Å²) in [6.45, 7) is 9.87. The maximum Gasteiger partial charge on any atom is 0.317 e. The van der Waals surface area contributed by atoms with E-state index in [0.29, 0.717) is 52.7 Å². The van der Waals surface area contributed by atoms with Crippen LogP contribution >= 0.6 is 0 Å². The molecule has 0 aromatic heterocycles. The third kappa shape index (κ3) is 22.7. The molecule has 0 aromatic carbocycles. The SMILES string of the molecule is CC.CCCCN(CCOCCOCCOCCNC(=O)CO)CC(=O)O. The molecule has 0 fully saturated rings. The van der Waals surface area contributed by atoms with Crippen LogP contribution in [-0.4, -0.2) is 99.4 Å². The van der Waals surface area contributed by atoms with Crippen molar-refractivity contribution in [2.45, 2.75) is 33.6 Å². The number of ether oxygens (including phenoxy) is 3. The number of carbonyl (C=O) groups excluding carboxylic acids is 1. The third-order valence-electron chi connectivity index (χ3n) is 3.19. The maximum atomic E-state index is 10.8. The zero-order valence-electron chi connectivity index (χ0n) is 17.1. The molecule has 9 nitrogen and oxygen atoms in total. The van der Waals surface area contributed by atoms with Crippen molar-refractivity contribution in [1.82, 2.24) is 10.2 Å². The van der Waals surface area contributed by atoms with Crippen LogP contribution in [0.1, 0.15) is 33.6 Å². The molecule has 0 atom stereocenters. The van der Waals surface area contributed by atoms with E-state index in [-0.39, 0.29) is 6.54 Å². The molecule has 27 heavy (non-hydrogen) atoms. The summed E-state index contributed by atoms with van der Waals surface area (Å²) < 4.78 is 16.0. The number of nitrogens with zero attached hydrogens (tertiary/aromatic N) is 1. The van der Waals surface area contributed by atoms with Gasteiger partial charge in [0.1, 0.15) is 6.61 Å². The molecule has 0 aliphatic rings. The molecule has 162 valence electrons. The minimum absolute atomic E-state index is 0.0377. The van der Waals surface area contributed by atoms with Crippen molar-refractivity contribution in [3.63, 3.8) is 0 Å². The fourth-order valence-electron chi connectivity index (χ4n) is 1.90. The lowest BCUT2D eigenvalue weighted by molar-refractivity contribution is -0.138. The highest BCUT2D eigenvalue weighted by atomic mass is 16.5. The average molecular weight is 395 g/mol. The van der Waals surface area contributed by atoms with Gasteiger partial charge in [0.2, 0.25) is 5.91 Å². The van der Waals surface area contributed by atoms with E-state index in [1.54, 1.807) is 0 Å². The van der Waals surface area contributed by atoms with Crippen molar-refractivity contribution in [2.24, 2.45) is 0 Å². The highest BCUT2D eigenvalue weighted by Gasteiger charge is 2.08. The summed E-state index contributed by atoms with van der Waals surface area (Å²) in [5, 5.41) is 19.8. The molecule has 0 aliphatic carbocycles. The third-order valence-corrected chi connectivity index (χ3v) is 3.19. The van der Waals surface area contributed by atoms with E-state index < -0.39 is 18.5 Å². The number of aliphatic hydroxyl groups excluding tert-OH is 1. The molecule has 0 saturated heterocycles. The van der Waals surface area contributed by atoms with Crippen LogP contribution in [0.25, 0.3) is 0 Å². The number of aliphatic hydroxyl groups is 1. The van der Waals surface area contributed by atoms with Gasteiger partial charge >= 0.3 is 5.97 Å². The molecule has 3 N–H and O–H groups in total. The predicted molar refractivity (Wildman–Crippen MR) is 103 cm³/mol. The monoisotopic (exact) mass is 394 g/mol. The van der Waals surface area contributed by atoms with Gasteiger partial charge in [0, 0.05) is 13.1 Å². The molecule has 0 bridgehead atoms. The van der Waals surface area contributed by atoms with Gasteiger partial charge in [0.25, 0.3) is 0 Å². The van der Waals surface area contributed by atoms with Crippen LogP contribution in [0.2, 0.25) is 0 Å². The van der Waals surface area contributed by atoms with Crippen molar-refractivity contribution >= 4 is 11.9 Å². The van der Waals surface area contributed by atoms with Gasteiger partial charge in [-0.1, -0.05) is 27.2 Å². The second-order valence-electron chi connectivity index (χ2n) is 5.37. The van der Waals surface area contributed by atoms with Gasteiger partial charge in [-0.05, 0) is 13.0 Å². The number of hydrogen-bond donors (Lipinski definition) is 3. The molecular formula is C18H38N2O7. The van der Waals surface area contributed by atoms with E-state index in [1.807, 2.05) is 18.7 Å². The number of nitrogens with one attached hydrogen (secondary N) is 1. The number of unbranched alkanes of at least 4 members (excludes halogenated alkanes) is 1. The normalized spacial score (nSPS) is 10.4. The van der Waals surface area contributed by atoms with E-state index >= 15 is 0 Å². The van der Waals surface area contributed by atoms with E-state index in [0.717, 1.165) is 19.4 Å². The number of hydrogen-bond acceptors (Lipinski definition) is 7. The lowest BCUT2D eigenvalue weighted by Gasteiger charge is -2.19. The zero-order valence-corrected chi connectivity index (χ0v) is 17.1. The standard InChI is InChI=1S/C16H32N2O7.C2H6/c1-2-3-5-18(13-16(21)22)6-8-24-10-12-25-11-9-23-7-4-17-15(20)14-19;1-2/h19H,2-14H2,1H3,(H,17,20)(H,21,22);1-2H3. The Hall–Kier alpha value is -1.26. The summed E-state index contributed by atoms with van der Waals surface area (Å²) in [6.07, 6.45) is 2.00. The summed E-state index contributed by atoms with van der Waals surface area (Å²) in [4.78, 5) is 23.4. The molecule has 0 spiro atoms. The molecular weight excluding hydrogens is 356 g/mol. The lowest BCUT2D eigenvalue weighted by Crippen LogP contribution is -2.33. The van der Waals surface area contributed by atoms with Crippen molar-refractivity contribution in [2.75, 3.05) is 72.4 Å². The number of carboxylic acids is 1. The fraction of sp³-hybridized carbons (Fsp3) is 0.889. The first kappa shape index (κ1) is 28.0. The number of rotatable bonds is 18. The Morgan fingerprint density at radius 3 is 2.00 bits per heavy atom. The van der Waals surface area contributed by atoms with E-state index in [4.69, 9.17) is 24.4 Å². The van der Waals surface area contributed by atoms with Gasteiger partial charge in [-0.2, -0.15) is 0 Å². The van der Waals surface area contributed by atoms with Gasteiger partial charge < -0.3 is 29.7 Å². The van der Waals surface area contributed by atoms with Crippen molar-refractivity contribution in [3.8, 4) is 0 Å². The number of carboxylic acid groups (broad SMARTS) is 1. The topological polar surface area (TPSA) is 118 Å².